The van der Waals surface area contributed by atoms with Crippen LogP contribution in [0.4, 0.5) is 0 Å². The standard InChI is InChI=1S/C11H20N2O4/c1-6(2)9(11(16)17-5)13-10(15)7(3)12-8(4)14/h6-7,9H,1-5H3,(H,12,14)(H,13,15)/t7-,9+/m0/s1. The van der Waals surface area contributed by atoms with Gasteiger partial charge < -0.3 is 15.4 Å². The fourth-order valence-electron chi connectivity index (χ4n) is 1.27. The van der Waals surface area contributed by atoms with Crippen LogP contribution in [-0.4, -0.2) is 37.0 Å². The number of rotatable bonds is 5. The van der Waals surface area contributed by atoms with Crippen LogP contribution in [0.5, 0.6) is 0 Å². The summed E-state index contributed by atoms with van der Waals surface area (Å²) in [6.07, 6.45) is 0. The third-order valence-electron chi connectivity index (χ3n) is 2.23. The average Bonchev–Trinajstić information content (AvgIpc) is 2.22. The summed E-state index contributed by atoms with van der Waals surface area (Å²) in [5.41, 5.74) is 0. The molecule has 0 unspecified atom stereocenters. The van der Waals surface area contributed by atoms with Crippen LogP contribution < -0.4 is 10.6 Å². The molecule has 0 aliphatic heterocycles. The lowest BCUT2D eigenvalue weighted by atomic mass is 10.0. The van der Waals surface area contributed by atoms with Gasteiger partial charge in [0, 0.05) is 6.92 Å². The summed E-state index contributed by atoms with van der Waals surface area (Å²) >= 11 is 0. The number of amides is 2. The van der Waals surface area contributed by atoms with Crippen molar-refractivity contribution in [2.24, 2.45) is 5.92 Å². The minimum absolute atomic E-state index is 0.0871. The lowest BCUT2D eigenvalue weighted by Crippen LogP contribution is -2.52. The molecule has 0 aromatic heterocycles. The van der Waals surface area contributed by atoms with E-state index in [0.29, 0.717) is 0 Å². The fraction of sp³-hybridized carbons (Fsp3) is 0.727. The van der Waals surface area contributed by atoms with Crippen LogP contribution in [-0.2, 0) is 19.1 Å². The SMILES string of the molecule is COC(=O)[C@H](NC(=O)[C@H](C)NC(C)=O)C(C)C. The van der Waals surface area contributed by atoms with Crippen molar-refractivity contribution in [3.63, 3.8) is 0 Å². The van der Waals surface area contributed by atoms with E-state index in [1.807, 2.05) is 0 Å². The van der Waals surface area contributed by atoms with Crippen molar-refractivity contribution in [2.45, 2.75) is 39.8 Å². The van der Waals surface area contributed by atoms with E-state index in [2.05, 4.69) is 15.4 Å². The first-order valence-corrected chi connectivity index (χ1v) is 5.44. The molecule has 2 atom stereocenters. The minimum atomic E-state index is -0.705. The Hall–Kier alpha value is -1.59. The Morgan fingerprint density at radius 2 is 1.59 bits per heavy atom. The van der Waals surface area contributed by atoms with Crippen LogP contribution in [0.15, 0.2) is 0 Å². The molecular weight excluding hydrogens is 224 g/mol. The maximum Gasteiger partial charge on any atom is 0.328 e. The predicted octanol–water partition coefficient (Wildman–Crippen LogP) is -0.175. The van der Waals surface area contributed by atoms with E-state index in [1.54, 1.807) is 20.8 Å². The second-order valence-corrected chi connectivity index (χ2v) is 4.18. The van der Waals surface area contributed by atoms with Gasteiger partial charge in [0.1, 0.15) is 12.1 Å². The van der Waals surface area contributed by atoms with Gasteiger partial charge in [-0.1, -0.05) is 13.8 Å². The maximum absolute atomic E-state index is 11.7. The molecule has 0 fully saturated rings. The van der Waals surface area contributed by atoms with Crippen LogP contribution in [0.25, 0.3) is 0 Å². The van der Waals surface area contributed by atoms with E-state index < -0.39 is 24.0 Å². The van der Waals surface area contributed by atoms with Crippen molar-refractivity contribution >= 4 is 17.8 Å². The fourth-order valence-corrected chi connectivity index (χ4v) is 1.27. The highest BCUT2D eigenvalue weighted by atomic mass is 16.5. The van der Waals surface area contributed by atoms with Crippen molar-refractivity contribution < 1.29 is 19.1 Å². The lowest BCUT2D eigenvalue weighted by Gasteiger charge is -2.22. The molecule has 0 radical (unpaired) electrons. The highest BCUT2D eigenvalue weighted by Crippen LogP contribution is 2.03. The predicted molar refractivity (Wildman–Crippen MR) is 62.1 cm³/mol. The van der Waals surface area contributed by atoms with E-state index in [9.17, 15) is 14.4 Å². The lowest BCUT2D eigenvalue weighted by molar-refractivity contribution is -0.146. The summed E-state index contributed by atoms with van der Waals surface area (Å²) < 4.78 is 4.59. The molecule has 0 spiro atoms. The van der Waals surface area contributed by atoms with Gasteiger partial charge in [-0.05, 0) is 12.8 Å². The quantitative estimate of drug-likeness (QED) is 0.657. The van der Waals surface area contributed by atoms with E-state index in [4.69, 9.17) is 0 Å². The van der Waals surface area contributed by atoms with E-state index in [1.165, 1.54) is 14.0 Å². The van der Waals surface area contributed by atoms with Crippen LogP contribution >= 0.6 is 0 Å². The number of nitrogens with one attached hydrogen (secondary N) is 2. The Kier molecular flexibility index (Phi) is 6.23. The zero-order chi connectivity index (χ0) is 13.6. The Balaban J connectivity index is 4.50. The molecule has 0 aliphatic carbocycles. The molecule has 0 heterocycles. The molecule has 0 aromatic carbocycles. The average molecular weight is 244 g/mol. The van der Waals surface area contributed by atoms with Gasteiger partial charge in [-0.2, -0.15) is 0 Å². The molecule has 0 bridgehead atoms. The summed E-state index contributed by atoms with van der Waals surface area (Å²) in [6.45, 7) is 6.46. The largest absolute Gasteiger partial charge is 0.467 e. The molecule has 17 heavy (non-hydrogen) atoms. The highest BCUT2D eigenvalue weighted by Gasteiger charge is 2.26. The smallest absolute Gasteiger partial charge is 0.328 e. The monoisotopic (exact) mass is 244 g/mol. The van der Waals surface area contributed by atoms with Crippen LogP contribution in [0.3, 0.4) is 0 Å². The van der Waals surface area contributed by atoms with Crippen molar-refractivity contribution in [2.75, 3.05) is 7.11 Å². The second-order valence-electron chi connectivity index (χ2n) is 4.18. The molecule has 0 rings (SSSR count). The normalized spacial score (nSPS) is 13.8. The Morgan fingerprint density at radius 3 is 1.94 bits per heavy atom. The van der Waals surface area contributed by atoms with Crippen LogP contribution in [0.2, 0.25) is 0 Å². The summed E-state index contributed by atoms with van der Waals surface area (Å²) in [5, 5.41) is 4.98. The second kappa shape index (κ2) is 6.88. The molecule has 0 aliphatic rings. The summed E-state index contributed by atoms with van der Waals surface area (Å²) in [6, 6.07) is -1.39. The van der Waals surface area contributed by atoms with Gasteiger partial charge in [0.15, 0.2) is 0 Å². The Morgan fingerprint density at radius 1 is 1.06 bits per heavy atom. The summed E-state index contributed by atoms with van der Waals surface area (Å²) in [7, 11) is 1.26. The molecule has 0 saturated carbocycles. The minimum Gasteiger partial charge on any atom is -0.467 e. The number of carbonyl (C=O) groups excluding carboxylic acids is 3. The number of hydrogen-bond donors (Lipinski definition) is 2. The van der Waals surface area contributed by atoms with Gasteiger partial charge in [0.25, 0.3) is 0 Å². The summed E-state index contributed by atoms with van der Waals surface area (Å²) in [4.78, 5) is 33.9. The molecular formula is C11H20N2O4. The molecule has 6 heteroatoms. The van der Waals surface area contributed by atoms with Gasteiger partial charge in [-0.3, -0.25) is 9.59 Å². The first kappa shape index (κ1) is 15.4. The zero-order valence-electron chi connectivity index (χ0n) is 10.9. The third kappa shape index (κ3) is 5.33. The first-order chi connectivity index (χ1) is 7.79. The zero-order valence-corrected chi connectivity index (χ0v) is 10.9. The molecule has 0 saturated heterocycles. The number of hydrogen-bond acceptors (Lipinski definition) is 4. The number of methoxy groups -OCH3 is 1. The van der Waals surface area contributed by atoms with Crippen molar-refractivity contribution in [3.8, 4) is 0 Å². The number of carbonyl (C=O) groups is 3. The van der Waals surface area contributed by atoms with E-state index in [0.717, 1.165) is 0 Å². The van der Waals surface area contributed by atoms with Crippen LogP contribution in [0.1, 0.15) is 27.7 Å². The van der Waals surface area contributed by atoms with E-state index in [-0.39, 0.29) is 11.8 Å². The van der Waals surface area contributed by atoms with Crippen molar-refractivity contribution in [3.05, 3.63) is 0 Å². The van der Waals surface area contributed by atoms with Gasteiger partial charge >= 0.3 is 5.97 Å². The van der Waals surface area contributed by atoms with Gasteiger partial charge in [0.05, 0.1) is 7.11 Å². The maximum atomic E-state index is 11.7. The molecule has 2 amide bonds. The number of esters is 1. The molecule has 98 valence electrons. The number of ether oxygens (including phenoxy) is 1. The molecule has 0 aromatic rings. The van der Waals surface area contributed by atoms with Crippen molar-refractivity contribution in [1.29, 1.82) is 0 Å². The van der Waals surface area contributed by atoms with Gasteiger partial charge in [-0.15, -0.1) is 0 Å². The van der Waals surface area contributed by atoms with Crippen LogP contribution in [0, 0.1) is 5.92 Å². The Bertz CT molecular complexity index is 302. The molecule has 2 N–H and O–H groups in total. The highest BCUT2D eigenvalue weighted by molar-refractivity contribution is 5.90. The third-order valence-corrected chi connectivity index (χ3v) is 2.23. The first-order valence-electron chi connectivity index (χ1n) is 5.44. The van der Waals surface area contributed by atoms with Gasteiger partial charge in [-0.25, -0.2) is 4.79 Å². The van der Waals surface area contributed by atoms with Crippen molar-refractivity contribution in [1.82, 2.24) is 10.6 Å². The van der Waals surface area contributed by atoms with Gasteiger partial charge in [0.2, 0.25) is 11.8 Å². The molecule has 6 nitrogen and oxygen atoms in total. The summed E-state index contributed by atoms with van der Waals surface area (Å²) in [5.74, 6) is -1.30. The topological polar surface area (TPSA) is 84.5 Å². The Labute approximate surface area is 101 Å². The van der Waals surface area contributed by atoms with E-state index >= 15 is 0 Å².